The molecule has 502 valence electrons. The van der Waals surface area contributed by atoms with Gasteiger partial charge in [0.05, 0.1) is 106 Å². The number of rotatable bonds is 50. The third kappa shape index (κ3) is 45.0. The predicted molar refractivity (Wildman–Crippen MR) is 363 cm³/mol. The number of carbonyl (C=O) groups excluding carboxylic acids is 1. The van der Waals surface area contributed by atoms with Crippen LogP contribution in [0.4, 0.5) is 0 Å². The van der Waals surface area contributed by atoms with Gasteiger partial charge in [-0.1, -0.05) is 238 Å². The summed E-state index contributed by atoms with van der Waals surface area (Å²) in [5.41, 5.74) is 4.04. The zero-order valence-corrected chi connectivity index (χ0v) is 60.0. The molecular weight excluding hydrogens is 1110 g/mol. The van der Waals surface area contributed by atoms with Crippen molar-refractivity contribution in [2.75, 3.05) is 91.8 Å². The number of quaternary nitrogens is 3. The third-order valence-corrected chi connectivity index (χ3v) is 18.6. The first-order valence-corrected chi connectivity index (χ1v) is 37.9. The van der Waals surface area contributed by atoms with Gasteiger partial charge in [0.25, 0.3) is 7.82 Å². The number of benzene rings is 2. The number of ketones is 1. The Kier molecular flexibility index (Phi) is 54.3. The van der Waals surface area contributed by atoms with Crippen molar-refractivity contribution in [2.45, 2.75) is 270 Å². The van der Waals surface area contributed by atoms with E-state index in [0.29, 0.717) is 37.2 Å². The van der Waals surface area contributed by atoms with Crippen molar-refractivity contribution in [3.63, 3.8) is 0 Å². The standard InChI is InChI=1S/C24H30O9P2.3C16H36N/c1-19(15-16-32-35(29,30)33-34(26,27)28)7-6-8-20(2)17-31-18-21-11-13-23(14-12-21)24(25)22-9-4-3-5-10-22;3*1-5-9-13-17(14-10-6-2,15-11-7-3)16-12-8-4/h3-5,8-15H,6-7,16-18H2,1-2H3,(H,29,30)(H2,26,27,28);3*5-16H2,1-4H3/q;3*+1/p-3/b19-15+,20-8+;;;. The largest absolute Gasteiger partial charge is 0.790 e. The summed E-state index contributed by atoms with van der Waals surface area (Å²) >= 11 is 0. The van der Waals surface area contributed by atoms with E-state index in [9.17, 15) is 28.6 Å². The molecule has 0 amide bonds. The summed E-state index contributed by atoms with van der Waals surface area (Å²) in [5, 5.41) is 0. The molecule has 0 bridgehead atoms. The highest BCUT2D eigenvalue weighted by atomic mass is 31.3. The molecule has 0 N–H and O–H groups in total. The molecule has 86 heavy (non-hydrogen) atoms. The first-order valence-electron chi connectivity index (χ1n) is 35.0. The van der Waals surface area contributed by atoms with Crippen molar-refractivity contribution in [2.24, 2.45) is 0 Å². The SMILES string of the molecule is C/C(=C\COP(=O)([O-])OP(=O)([O-])[O-])CC/C=C(\C)COCc1ccc(C(=O)c2ccccc2)cc1.CCCC[N+](CCCC)(CCCC)CCCC.CCCC[N+](CCCC)(CCCC)CCCC.CCCC[N+](CCCC)(CCCC)CCCC. The molecule has 0 aromatic heterocycles. The molecule has 0 saturated heterocycles. The molecule has 0 aliphatic rings. The smallest absolute Gasteiger partial charge is 0.272 e. The lowest BCUT2D eigenvalue weighted by molar-refractivity contribution is -0.929. The lowest BCUT2D eigenvalue weighted by Gasteiger charge is -2.39. The number of unbranched alkanes of at least 4 members (excludes halogenated alkanes) is 12. The van der Waals surface area contributed by atoms with E-state index in [1.54, 1.807) is 31.2 Å². The van der Waals surface area contributed by atoms with E-state index < -0.39 is 22.3 Å². The first-order chi connectivity index (χ1) is 41.2. The molecule has 0 fully saturated rings. The zero-order valence-electron chi connectivity index (χ0n) is 58.3. The van der Waals surface area contributed by atoms with Crippen LogP contribution in [0, 0.1) is 0 Å². The molecular formula is C72H135N3O9P2. The Morgan fingerprint density at radius 3 is 1.02 bits per heavy atom. The third-order valence-electron chi connectivity index (χ3n) is 16.6. The maximum Gasteiger partial charge on any atom is 0.272 e. The normalized spacial score (nSPS) is 13.0. The Bertz CT molecular complexity index is 1850. The minimum atomic E-state index is -5.68. The first kappa shape index (κ1) is 85.8. The van der Waals surface area contributed by atoms with Crippen molar-refractivity contribution >= 4 is 21.4 Å². The molecule has 0 saturated carbocycles. The van der Waals surface area contributed by atoms with Crippen LogP contribution >= 0.6 is 15.6 Å². The van der Waals surface area contributed by atoms with E-state index in [-0.39, 0.29) is 5.78 Å². The monoisotopic (exact) mass is 1250 g/mol. The molecule has 14 heteroatoms. The second-order valence-corrected chi connectivity index (χ2v) is 27.4. The molecule has 0 heterocycles. The van der Waals surface area contributed by atoms with Crippen molar-refractivity contribution < 1.29 is 55.6 Å². The molecule has 0 spiro atoms. The van der Waals surface area contributed by atoms with Crippen molar-refractivity contribution in [3.8, 4) is 0 Å². The predicted octanol–water partition coefficient (Wildman–Crippen LogP) is 18.4. The highest BCUT2D eigenvalue weighted by molar-refractivity contribution is 7.58. The van der Waals surface area contributed by atoms with Gasteiger partial charge >= 0.3 is 0 Å². The van der Waals surface area contributed by atoms with Crippen molar-refractivity contribution in [3.05, 3.63) is 94.6 Å². The lowest BCUT2D eigenvalue weighted by Crippen LogP contribution is -2.50. The van der Waals surface area contributed by atoms with Gasteiger partial charge < -0.3 is 42.0 Å². The molecule has 2 rings (SSSR count). The van der Waals surface area contributed by atoms with Crippen LogP contribution < -0.4 is 14.7 Å². The second kappa shape index (κ2) is 54.4. The number of phosphoric acid groups is 2. The molecule has 2 aromatic rings. The van der Waals surface area contributed by atoms with Crippen LogP contribution in [-0.2, 0) is 29.3 Å². The van der Waals surface area contributed by atoms with Crippen molar-refractivity contribution in [1.29, 1.82) is 0 Å². The van der Waals surface area contributed by atoms with Crippen LogP contribution in [0.25, 0.3) is 0 Å². The summed E-state index contributed by atoms with van der Waals surface area (Å²) in [5.74, 6) is -0.0288. The molecule has 0 radical (unpaired) electrons. The number of hydrogen-bond donors (Lipinski definition) is 0. The van der Waals surface area contributed by atoms with Crippen molar-refractivity contribution in [1.82, 2.24) is 0 Å². The Morgan fingerprint density at radius 2 is 0.733 bits per heavy atom. The van der Waals surface area contributed by atoms with Crippen LogP contribution in [0.3, 0.4) is 0 Å². The lowest BCUT2D eigenvalue weighted by atomic mass is 10.0. The van der Waals surface area contributed by atoms with E-state index in [1.807, 2.05) is 43.3 Å². The van der Waals surface area contributed by atoms with E-state index in [2.05, 4.69) is 91.9 Å². The summed E-state index contributed by atoms with van der Waals surface area (Å²) in [6, 6.07) is 16.4. The minimum absolute atomic E-state index is 0.0288. The van der Waals surface area contributed by atoms with Gasteiger partial charge in [-0.05, 0) is 109 Å². The number of phosphoric ester groups is 1. The van der Waals surface area contributed by atoms with E-state index in [4.69, 9.17) is 4.74 Å². The number of ether oxygens (including phenoxy) is 1. The molecule has 0 aliphatic carbocycles. The average molecular weight is 1250 g/mol. The number of allylic oxidation sites excluding steroid dienone is 2. The average Bonchev–Trinajstić information content (AvgIpc) is 3.63. The van der Waals surface area contributed by atoms with Gasteiger partial charge in [-0.25, -0.2) is 0 Å². The second-order valence-electron chi connectivity index (χ2n) is 24.7. The number of carbonyl (C=O) groups is 1. The summed E-state index contributed by atoms with van der Waals surface area (Å²) < 4.78 is 39.2. The van der Waals surface area contributed by atoms with E-state index in [1.165, 1.54) is 252 Å². The van der Waals surface area contributed by atoms with Gasteiger partial charge in [0.15, 0.2) is 5.78 Å². The summed E-state index contributed by atoms with van der Waals surface area (Å²) in [7, 11) is -10.9. The van der Waals surface area contributed by atoms with Crippen LogP contribution in [0.2, 0.25) is 0 Å². The van der Waals surface area contributed by atoms with Gasteiger partial charge in [-0.3, -0.25) is 13.7 Å². The minimum Gasteiger partial charge on any atom is -0.790 e. The van der Waals surface area contributed by atoms with Crippen LogP contribution in [0.5, 0.6) is 0 Å². The maximum absolute atomic E-state index is 12.4. The zero-order chi connectivity index (χ0) is 64.9. The Hall–Kier alpha value is -2.31. The van der Waals surface area contributed by atoms with Crippen LogP contribution in [-0.4, -0.2) is 111 Å². The van der Waals surface area contributed by atoms with E-state index >= 15 is 0 Å². The molecule has 1 atom stereocenters. The Balaban J connectivity index is 0. The van der Waals surface area contributed by atoms with Gasteiger partial charge in [-0.15, -0.1) is 0 Å². The molecule has 1 unspecified atom stereocenters. The van der Waals surface area contributed by atoms with Crippen LogP contribution in [0.1, 0.15) is 285 Å². The van der Waals surface area contributed by atoms with Gasteiger partial charge in [0.2, 0.25) is 0 Å². The molecule has 0 aliphatic heterocycles. The summed E-state index contributed by atoms with van der Waals surface area (Å²) in [6.45, 7) is 49.1. The fourth-order valence-electron chi connectivity index (χ4n) is 10.9. The maximum atomic E-state index is 12.4. The van der Waals surface area contributed by atoms with Gasteiger partial charge in [0.1, 0.15) is 0 Å². The fourth-order valence-corrected chi connectivity index (χ4v) is 12.3. The quantitative estimate of drug-likeness (QED) is 0.0273. The number of nitrogens with zero attached hydrogens (tertiary/aromatic N) is 3. The highest BCUT2D eigenvalue weighted by Gasteiger charge is 2.27. The highest BCUT2D eigenvalue weighted by Crippen LogP contribution is 2.50. The van der Waals surface area contributed by atoms with Gasteiger partial charge in [-0.2, -0.15) is 0 Å². The molecule has 12 nitrogen and oxygen atoms in total. The fraction of sp³-hybridized carbons (Fsp3) is 0.764. The molecule has 2 aromatic carbocycles. The Morgan fingerprint density at radius 1 is 0.430 bits per heavy atom. The van der Waals surface area contributed by atoms with Gasteiger partial charge in [0, 0.05) is 11.1 Å². The summed E-state index contributed by atoms with van der Waals surface area (Å²) in [6.07, 6.45) is 37.9. The number of hydrogen-bond acceptors (Lipinski definition) is 9. The van der Waals surface area contributed by atoms with Crippen LogP contribution in [0.15, 0.2) is 77.9 Å². The summed E-state index contributed by atoms with van der Waals surface area (Å²) in [4.78, 5) is 44.3. The Labute approximate surface area is 531 Å². The van der Waals surface area contributed by atoms with E-state index in [0.717, 1.165) is 16.7 Å². The topological polar surface area (TPSA) is 148 Å².